The normalized spacial score (nSPS) is 10.3. The van der Waals surface area contributed by atoms with Gasteiger partial charge in [0.05, 0.1) is 0 Å². The van der Waals surface area contributed by atoms with Gasteiger partial charge in [0.1, 0.15) is 5.69 Å². The Bertz CT molecular complexity index is 507. The highest BCUT2D eigenvalue weighted by Gasteiger charge is 2.07. The summed E-state index contributed by atoms with van der Waals surface area (Å²) in [6.45, 7) is 0. The lowest BCUT2D eigenvalue weighted by Gasteiger charge is -2.05. The molecular weight excluding hydrogens is 277 g/mol. The van der Waals surface area contributed by atoms with E-state index >= 15 is 0 Å². The van der Waals surface area contributed by atoms with Crippen LogP contribution in [0.1, 0.15) is 10.5 Å². The topological polar surface area (TPSA) is 22.0 Å². The molecule has 0 atom stereocenters. The maximum absolute atomic E-state index is 10.9. The van der Waals surface area contributed by atoms with Crippen molar-refractivity contribution in [1.82, 2.24) is 4.57 Å². The first-order chi connectivity index (χ1) is 7.22. The summed E-state index contributed by atoms with van der Waals surface area (Å²) >= 11 is 9.19. The fraction of sp³-hybridized carbons (Fsp3) is 0. The largest absolute Gasteiger partial charge is 0.313 e. The number of aromatic nitrogens is 1. The van der Waals surface area contributed by atoms with Crippen molar-refractivity contribution >= 4 is 33.8 Å². The Balaban J connectivity index is 2.58. The number of aldehydes is 1. The highest BCUT2D eigenvalue weighted by molar-refractivity contribution is 9.10. The predicted molar refractivity (Wildman–Crippen MR) is 63.9 cm³/mol. The van der Waals surface area contributed by atoms with Crippen LogP contribution in [0.15, 0.2) is 41.0 Å². The van der Waals surface area contributed by atoms with Crippen LogP contribution in [-0.2, 0) is 0 Å². The molecular formula is C11H7BrClNO. The van der Waals surface area contributed by atoms with Crippen molar-refractivity contribution in [2.75, 3.05) is 0 Å². The molecule has 1 heterocycles. The molecule has 2 nitrogen and oxygen atoms in total. The minimum atomic E-state index is 0.581. The maximum Gasteiger partial charge on any atom is 0.167 e. The van der Waals surface area contributed by atoms with E-state index in [-0.39, 0.29) is 0 Å². The third kappa shape index (κ3) is 1.98. The lowest BCUT2D eigenvalue weighted by molar-refractivity contribution is 0.111. The number of benzene rings is 1. The lowest BCUT2D eigenvalue weighted by atomic mass is 10.3. The van der Waals surface area contributed by atoms with E-state index in [4.69, 9.17) is 11.6 Å². The van der Waals surface area contributed by atoms with Crippen LogP contribution in [0.3, 0.4) is 0 Å². The second-order valence-electron chi connectivity index (χ2n) is 3.02. The van der Waals surface area contributed by atoms with Gasteiger partial charge in [-0.15, -0.1) is 0 Å². The molecule has 0 N–H and O–H groups in total. The SMILES string of the molecule is O=Cc1c(Br)ccn1-c1cccc(Cl)c1. The number of carbonyl (C=O) groups excluding carboxylic acids is 1. The van der Waals surface area contributed by atoms with Crippen LogP contribution in [-0.4, -0.2) is 10.9 Å². The number of nitrogens with zero attached hydrogens (tertiary/aromatic N) is 1. The van der Waals surface area contributed by atoms with Crippen LogP contribution < -0.4 is 0 Å². The number of hydrogen-bond acceptors (Lipinski definition) is 1. The molecule has 0 radical (unpaired) electrons. The Kier molecular flexibility index (Phi) is 2.93. The molecule has 0 aliphatic rings. The molecule has 0 fully saturated rings. The van der Waals surface area contributed by atoms with Crippen LogP contribution in [0.25, 0.3) is 5.69 Å². The first-order valence-electron chi connectivity index (χ1n) is 4.30. The van der Waals surface area contributed by atoms with Crippen molar-refractivity contribution in [2.45, 2.75) is 0 Å². The van der Waals surface area contributed by atoms with Gasteiger partial charge in [-0.25, -0.2) is 0 Å². The van der Waals surface area contributed by atoms with Crippen LogP contribution in [0.4, 0.5) is 0 Å². The van der Waals surface area contributed by atoms with Gasteiger partial charge < -0.3 is 4.57 Å². The highest BCUT2D eigenvalue weighted by Crippen LogP contribution is 2.22. The van der Waals surface area contributed by atoms with Gasteiger partial charge in [-0.3, -0.25) is 4.79 Å². The summed E-state index contributed by atoms with van der Waals surface area (Å²) in [7, 11) is 0. The Hall–Kier alpha value is -1.06. The van der Waals surface area contributed by atoms with Crippen molar-refractivity contribution in [1.29, 1.82) is 0 Å². The van der Waals surface area contributed by atoms with E-state index in [1.165, 1.54) is 0 Å². The summed E-state index contributed by atoms with van der Waals surface area (Å²) in [4.78, 5) is 10.9. The molecule has 2 aromatic rings. The fourth-order valence-corrected chi connectivity index (χ4v) is 1.97. The fourth-order valence-electron chi connectivity index (χ4n) is 1.38. The standard InChI is InChI=1S/C11H7BrClNO/c12-10-4-5-14(11(10)7-15)9-3-1-2-8(13)6-9/h1-7H. The molecule has 0 amide bonds. The van der Waals surface area contributed by atoms with E-state index in [1.54, 1.807) is 16.7 Å². The molecule has 76 valence electrons. The van der Waals surface area contributed by atoms with Gasteiger partial charge in [0, 0.05) is 21.4 Å². The van der Waals surface area contributed by atoms with Gasteiger partial charge in [0.15, 0.2) is 6.29 Å². The lowest BCUT2D eigenvalue weighted by Crippen LogP contribution is -1.97. The van der Waals surface area contributed by atoms with Crippen molar-refractivity contribution in [3.63, 3.8) is 0 Å². The quantitative estimate of drug-likeness (QED) is 0.771. The summed E-state index contributed by atoms with van der Waals surface area (Å²) in [5, 5.41) is 0.647. The second kappa shape index (κ2) is 4.21. The van der Waals surface area contributed by atoms with Gasteiger partial charge >= 0.3 is 0 Å². The van der Waals surface area contributed by atoms with E-state index in [9.17, 15) is 4.79 Å². The van der Waals surface area contributed by atoms with Gasteiger partial charge in [-0.1, -0.05) is 17.7 Å². The van der Waals surface area contributed by atoms with Gasteiger partial charge in [-0.05, 0) is 40.2 Å². The Morgan fingerprint density at radius 1 is 1.33 bits per heavy atom. The average molecular weight is 285 g/mol. The Morgan fingerprint density at radius 2 is 2.13 bits per heavy atom. The number of carbonyl (C=O) groups is 1. The van der Waals surface area contributed by atoms with Crippen LogP contribution >= 0.6 is 27.5 Å². The van der Waals surface area contributed by atoms with E-state index in [0.29, 0.717) is 10.7 Å². The predicted octanol–water partition coefficient (Wildman–Crippen LogP) is 3.71. The zero-order valence-corrected chi connectivity index (χ0v) is 9.99. The highest BCUT2D eigenvalue weighted by atomic mass is 79.9. The zero-order valence-electron chi connectivity index (χ0n) is 7.65. The second-order valence-corrected chi connectivity index (χ2v) is 4.31. The summed E-state index contributed by atoms with van der Waals surface area (Å²) in [6.07, 6.45) is 2.63. The van der Waals surface area contributed by atoms with Gasteiger partial charge in [-0.2, -0.15) is 0 Å². The maximum atomic E-state index is 10.9. The molecule has 0 saturated heterocycles. The molecule has 1 aromatic carbocycles. The Labute approximate surface area is 101 Å². The van der Waals surface area contributed by atoms with Crippen molar-refractivity contribution < 1.29 is 4.79 Å². The van der Waals surface area contributed by atoms with Crippen LogP contribution in [0.5, 0.6) is 0 Å². The number of halogens is 2. The average Bonchev–Trinajstić information content (AvgIpc) is 2.59. The van der Waals surface area contributed by atoms with E-state index in [0.717, 1.165) is 16.4 Å². The summed E-state index contributed by atoms with van der Waals surface area (Å²) in [6, 6.07) is 9.17. The smallest absolute Gasteiger partial charge is 0.167 e. The molecule has 0 unspecified atom stereocenters. The molecule has 0 aliphatic carbocycles. The van der Waals surface area contributed by atoms with Gasteiger partial charge in [0.25, 0.3) is 0 Å². The van der Waals surface area contributed by atoms with Gasteiger partial charge in [0.2, 0.25) is 0 Å². The first kappa shape index (κ1) is 10.5. The van der Waals surface area contributed by atoms with Crippen LogP contribution in [0.2, 0.25) is 5.02 Å². The zero-order chi connectivity index (χ0) is 10.8. The van der Waals surface area contributed by atoms with Crippen molar-refractivity contribution in [3.05, 3.63) is 51.7 Å². The third-order valence-electron chi connectivity index (χ3n) is 2.07. The van der Waals surface area contributed by atoms with Crippen molar-refractivity contribution in [3.8, 4) is 5.69 Å². The molecule has 15 heavy (non-hydrogen) atoms. The van der Waals surface area contributed by atoms with Crippen LogP contribution in [0, 0.1) is 0 Å². The minimum Gasteiger partial charge on any atom is -0.313 e. The monoisotopic (exact) mass is 283 g/mol. The van der Waals surface area contributed by atoms with E-state index < -0.39 is 0 Å². The number of hydrogen-bond donors (Lipinski definition) is 0. The number of rotatable bonds is 2. The molecule has 4 heteroatoms. The van der Waals surface area contributed by atoms with E-state index in [2.05, 4.69) is 15.9 Å². The van der Waals surface area contributed by atoms with Crippen molar-refractivity contribution in [2.24, 2.45) is 0 Å². The molecule has 0 aliphatic heterocycles. The molecule has 2 rings (SSSR count). The van der Waals surface area contributed by atoms with E-state index in [1.807, 2.05) is 24.4 Å². The molecule has 1 aromatic heterocycles. The molecule has 0 bridgehead atoms. The molecule has 0 saturated carbocycles. The minimum absolute atomic E-state index is 0.581. The Morgan fingerprint density at radius 3 is 2.80 bits per heavy atom. The summed E-state index contributed by atoms with van der Waals surface area (Å²) in [5.74, 6) is 0. The molecule has 0 spiro atoms. The summed E-state index contributed by atoms with van der Waals surface area (Å²) in [5.41, 5.74) is 1.45. The summed E-state index contributed by atoms with van der Waals surface area (Å²) < 4.78 is 2.56. The first-order valence-corrected chi connectivity index (χ1v) is 5.47. The third-order valence-corrected chi connectivity index (χ3v) is 2.98.